The number of cyclic esters (lactones) is 1. The predicted octanol–water partition coefficient (Wildman–Crippen LogP) is 0.618. The molecule has 412 valence electrons. The number of esters is 1. The third-order valence-corrected chi connectivity index (χ3v) is 13.2. The zero-order valence-electron chi connectivity index (χ0n) is 43.5. The number of amides is 7. The van der Waals surface area contributed by atoms with Gasteiger partial charge in [0.05, 0.1) is 6.42 Å². The lowest BCUT2D eigenvalue weighted by Crippen LogP contribution is -2.65. The maximum absolute atomic E-state index is 15.1. The van der Waals surface area contributed by atoms with E-state index in [0.29, 0.717) is 17.5 Å². The Bertz CT molecular complexity index is 2310. The van der Waals surface area contributed by atoms with Gasteiger partial charge in [-0.25, -0.2) is 4.79 Å². The number of likely N-dealkylation sites (N-methyl/N-ethyl adjacent to an activating group) is 1. The van der Waals surface area contributed by atoms with Crippen LogP contribution in [0.4, 0.5) is 0 Å². The SMILES string of the molecule is CCCCCCCC(=O)NC(CC(=O)O)C(=O)NC1C(=O)NC(CCCN=C(N)N)C(=O)NC2CCC(O)N(C2=O)C(Cc2ccccc2)C(=O)N(C)C(CCc2ccc(O)cc2)C(=O)NC(C(C)C)C(=O)OC1C. The molecule has 0 radical (unpaired) electrons. The quantitative estimate of drug-likeness (QED) is 0.0355. The number of aliphatic imine (C=N–C) groups is 1. The van der Waals surface area contributed by atoms with E-state index in [1.54, 1.807) is 56.3 Å². The van der Waals surface area contributed by atoms with Gasteiger partial charge in [0, 0.05) is 26.4 Å². The summed E-state index contributed by atoms with van der Waals surface area (Å²) in [6.45, 7) is 6.47. The minimum atomic E-state index is -1.88. The topological polar surface area (TPSA) is 355 Å². The maximum Gasteiger partial charge on any atom is 0.329 e. The number of rotatable bonds is 21. The van der Waals surface area contributed by atoms with Gasteiger partial charge < -0.3 is 67.9 Å². The van der Waals surface area contributed by atoms with Crippen molar-refractivity contribution in [3.05, 3.63) is 65.7 Å². The van der Waals surface area contributed by atoms with E-state index >= 15 is 4.79 Å². The molecule has 12 N–H and O–H groups in total. The Morgan fingerprint density at radius 3 is 2.15 bits per heavy atom. The van der Waals surface area contributed by atoms with Gasteiger partial charge >= 0.3 is 11.9 Å². The summed E-state index contributed by atoms with van der Waals surface area (Å²) in [6.07, 6.45) is -0.376. The van der Waals surface area contributed by atoms with Crippen molar-refractivity contribution in [2.75, 3.05) is 13.6 Å². The molecule has 2 aromatic rings. The number of aliphatic hydroxyl groups is 1. The molecular formula is C52H76N10O13. The van der Waals surface area contributed by atoms with Crippen LogP contribution in [0.5, 0.6) is 5.75 Å². The van der Waals surface area contributed by atoms with E-state index in [-0.39, 0.29) is 69.6 Å². The van der Waals surface area contributed by atoms with Crippen molar-refractivity contribution in [2.24, 2.45) is 22.4 Å². The number of hydrogen-bond donors (Lipinski definition) is 10. The number of nitrogens with two attached hydrogens (primary N) is 2. The van der Waals surface area contributed by atoms with Crippen molar-refractivity contribution in [3.8, 4) is 5.75 Å². The fraction of sp³-hybridized carbons (Fsp3) is 0.577. The monoisotopic (exact) mass is 1050 g/mol. The van der Waals surface area contributed by atoms with Crippen LogP contribution in [0.1, 0.15) is 116 Å². The molecule has 2 fully saturated rings. The molecule has 0 spiro atoms. The molecule has 2 aliphatic heterocycles. The van der Waals surface area contributed by atoms with Crippen molar-refractivity contribution in [1.29, 1.82) is 0 Å². The highest BCUT2D eigenvalue weighted by atomic mass is 16.5. The van der Waals surface area contributed by atoms with Gasteiger partial charge in [0.1, 0.15) is 60.4 Å². The fourth-order valence-electron chi connectivity index (χ4n) is 8.97. The second kappa shape index (κ2) is 29.6. The molecule has 0 saturated carbocycles. The first-order chi connectivity index (χ1) is 35.6. The molecule has 0 aliphatic carbocycles. The highest BCUT2D eigenvalue weighted by Crippen LogP contribution is 2.26. The number of aliphatic carboxylic acids is 1. The normalized spacial score (nSPS) is 23.6. The first-order valence-corrected chi connectivity index (χ1v) is 25.7. The Labute approximate surface area is 437 Å². The number of ether oxygens (including phenoxy) is 1. The molecule has 2 bridgehead atoms. The lowest BCUT2D eigenvalue weighted by Gasteiger charge is -2.43. The van der Waals surface area contributed by atoms with Crippen LogP contribution in [0.2, 0.25) is 0 Å². The number of aromatic hydroxyl groups is 1. The number of aryl methyl sites for hydroxylation is 1. The Morgan fingerprint density at radius 2 is 1.51 bits per heavy atom. The summed E-state index contributed by atoms with van der Waals surface area (Å²) in [5, 5.41) is 44.2. The van der Waals surface area contributed by atoms with Gasteiger partial charge in [-0.2, -0.15) is 0 Å². The summed E-state index contributed by atoms with van der Waals surface area (Å²) in [5.74, 6) is -9.68. The molecule has 23 nitrogen and oxygen atoms in total. The van der Waals surface area contributed by atoms with E-state index in [9.17, 15) is 53.7 Å². The van der Waals surface area contributed by atoms with E-state index in [0.717, 1.165) is 35.5 Å². The van der Waals surface area contributed by atoms with Gasteiger partial charge in [0.25, 0.3) is 0 Å². The van der Waals surface area contributed by atoms with Crippen molar-refractivity contribution in [1.82, 2.24) is 36.4 Å². The largest absolute Gasteiger partial charge is 0.508 e. The number of piperidine rings is 1. The van der Waals surface area contributed by atoms with Crippen LogP contribution >= 0.6 is 0 Å². The van der Waals surface area contributed by atoms with E-state index in [2.05, 4.69) is 31.6 Å². The summed E-state index contributed by atoms with van der Waals surface area (Å²) >= 11 is 0. The number of benzene rings is 2. The molecule has 2 saturated heterocycles. The van der Waals surface area contributed by atoms with Crippen molar-refractivity contribution < 1.29 is 63.2 Å². The number of carboxylic acids is 1. The number of carbonyl (C=O) groups is 9. The van der Waals surface area contributed by atoms with Crippen molar-refractivity contribution in [3.63, 3.8) is 0 Å². The molecule has 2 aliphatic rings. The lowest BCUT2D eigenvalue weighted by molar-refractivity contribution is -0.165. The van der Waals surface area contributed by atoms with Gasteiger partial charge in [-0.05, 0) is 81.0 Å². The first-order valence-electron chi connectivity index (χ1n) is 25.7. The minimum absolute atomic E-state index is 0.000721. The van der Waals surface area contributed by atoms with Gasteiger partial charge in [0.2, 0.25) is 41.4 Å². The van der Waals surface area contributed by atoms with Crippen LogP contribution in [0.25, 0.3) is 0 Å². The summed E-state index contributed by atoms with van der Waals surface area (Å²) < 4.78 is 5.86. The molecule has 9 unspecified atom stereocenters. The molecule has 4 rings (SSSR count). The smallest absolute Gasteiger partial charge is 0.329 e. The highest BCUT2D eigenvalue weighted by Gasteiger charge is 2.46. The summed E-state index contributed by atoms with van der Waals surface area (Å²) in [4.78, 5) is 133. The molecule has 7 amide bonds. The zero-order valence-corrected chi connectivity index (χ0v) is 43.5. The number of hydrogen-bond acceptors (Lipinski definition) is 13. The average Bonchev–Trinajstić information content (AvgIpc) is 3.35. The van der Waals surface area contributed by atoms with E-state index < -0.39 is 120 Å². The number of phenols is 1. The third-order valence-electron chi connectivity index (χ3n) is 13.2. The number of unbranched alkanes of at least 4 members (excludes halogenated alkanes) is 4. The van der Waals surface area contributed by atoms with E-state index in [1.165, 1.54) is 26.1 Å². The Balaban J connectivity index is 1.84. The van der Waals surface area contributed by atoms with Gasteiger partial charge in [-0.1, -0.05) is 88.9 Å². The van der Waals surface area contributed by atoms with E-state index in [4.69, 9.17) is 16.2 Å². The molecular weight excluding hydrogens is 973 g/mol. The standard InChI is InChI=1S/C52H76N10O13/c1-6-7-8-9-13-18-40(64)56-37(29-42(66)67)46(69)60-44-31(4)75-51(74)43(30(2)3)59-47(70)38(25-21-32-19-22-34(63)23-20-32)61(5)50(73)39(28-33-15-11-10-12-16-33)62-41(65)26-24-36(49(62)72)58-45(68)35(57-48(44)71)17-14-27-55-52(53)54/h10-12,15-16,19-20,22-23,30-31,35-39,41,43-44,63,65H,6-9,13-14,17-18,21,24-29H2,1-5H3,(H,56,64)(H,57,71)(H,58,68)(H,59,70)(H,60,69)(H,66,67)(H4,53,54,55). The second-order valence-electron chi connectivity index (χ2n) is 19.5. The summed E-state index contributed by atoms with van der Waals surface area (Å²) in [5.41, 5.74) is 12.3. The Hall–Kier alpha value is -7.30. The molecule has 2 aromatic carbocycles. The third kappa shape index (κ3) is 18.5. The maximum atomic E-state index is 15.1. The number of nitrogens with zero attached hydrogens (tertiary/aromatic N) is 3. The molecule has 9 atom stereocenters. The van der Waals surface area contributed by atoms with Gasteiger partial charge in [-0.3, -0.25) is 43.3 Å². The van der Waals surface area contributed by atoms with Crippen molar-refractivity contribution in [2.45, 2.75) is 172 Å². The number of carboxylic acid groups (broad SMARTS) is 1. The van der Waals surface area contributed by atoms with Crippen LogP contribution in [0, 0.1) is 5.92 Å². The number of nitrogens with one attached hydrogen (secondary N) is 5. The predicted molar refractivity (Wildman–Crippen MR) is 275 cm³/mol. The minimum Gasteiger partial charge on any atom is -0.508 e. The second-order valence-corrected chi connectivity index (χ2v) is 19.5. The Morgan fingerprint density at radius 1 is 0.827 bits per heavy atom. The van der Waals surface area contributed by atoms with E-state index in [1.807, 2.05) is 6.92 Å². The molecule has 75 heavy (non-hydrogen) atoms. The molecule has 2 heterocycles. The van der Waals surface area contributed by atoms with Crippen molar-refractivity contribution >= 4 is 59.2 Å². The summed E-state index contributed by atoms with van der Waals surface area (Å²) in [6, 6.07) is 4.14. The molecule has 0 aromatic heterocycles. The van der Waals surface area contributed by atoms with Crippen LogP contribution in [-0.2, 0) is 60.7 Å². The van der Waals surface area contributed by atoms with Crippen LogP contribution in [0.3, 0.4) is 0 Å². The lowest BCUT2D eigenvalue weighted by atomic mass is 9.95. The van der Waals surface area contributed by atoms with Crippen LogP contribution < -0.4 is 38.1 Å². The van der Waals surface area contributed by atoms with Crippen LogP contribution in [0.15, 0.2) is 59.6 Å². The summed E-state index contributed by atoms with van der Waals surface area (Å²) in [7, 11) is 1.36. The number of fused-ring (bicyclic) bond motifs is 2. The van der Waals surface area contributed by atoms with Crippen LogP contribution in [-0.4, -0.2) is 153 Å². The van der Waals surface area contributed by atoms with Gasteiger partial charge in [0.15, 0.2) is 5.96 Å². The number of carbonyl (C=O) groups excluding carboxylic acids is 8. The highest BCUT2D eigenvalue weighted by molar-refractivity contribution is 5.99. The zero-order chi connectivity index (χ0) is 55.4. The average molecular weight is 1050 g/mol. The Kier molecular flexibility index (Phi) is 23.7. The van der Waals surface area contributed by atoms with Gasteiger partial charge in [-0.15, -0.1) is 0 Å². The molecule has 23 heteroatoms. The number of phenolic OH excluding ortho intramolecular Hbond substituents is 1. The fourth-order valence-corrected chi connectivity index (χ4v) is 8.97. The number of guanidine groups is 1. The first kappa shape index (κ1) is 60.3. The number of aliphatic hydroxyl groups excluding tert-OH is 1.